The van der Waals surface area contributed by atoms with Crippen LogP contribution in [0, 0.1) is 6.92 Å². The van der Waals surface area contributed by atoms with Crippen LogP contribution in [0.2, 0.25) is 0 Å². The van der Waals surface area contributed by atoms with E-state index in [0.717, 1.165) is 25.4 Å². The van der Waals surface area contributed by atoms with Crippen LogP contribution in [0.25, 0.3) is 0 Å². The van der Waals surface area contributed by atoms with Gasteiger partial charge >= 0.3 is 0 Å². The number of benzene rings is 2. The number of piperazine rings is 1. The van der Waals surface area contributed by atoms with Crippen LogP contribution in [0.1, 0.15) is 24.1 Å². The van der Waals surface area contributed by atoms with E-state index in [2.05, 4.69) is 59.6 Å². The van der Waals surface area contributed by atoms with Gasteiger partial charge in [0.2, 0.25) is 0 Å². The number of nitrogens with one attached hydrogen (secondary N) is 1. The maximum Gasteiger partial charge on any atom is 0.119 e. The topological polar surface area (TPSA) is 44.7 Å². The minimum atomic E-state index is -0.458. The van der Waals surface area contributed by atoms with E-state index in [1.54, 1.807) is 6.92 Å². The lowest BCUT2D eigenvalue weighted by Gasteiger charge is -2.39. The highest BCUT2D eigenvalue weighted by Crippen LogP contribution is 2.32. The maximum absolute atomic E-state index is 9.36. The van der Waals surface area contributed by atoms with Gasteiger partial charge in [0.25, 0.3) is 0 Å². The number of hydrogen-bond donors (Lipinski definition) is 2. The van der Waals surface area contributed by atoms with Crippen LogP contribution in [0.15, 0.2) is 48.5 Å². The second-order valence-corrected chi connectivity index (χ2v) is 6.43. The zero-order valence-electron chi connectivity index (χ0n) is 14.4. The van der Waals surface area contributed by atoms with Gasteiger partial charge in [-0.1, -0.05) is 30.3 Å². The van der Waals surface area contributed by atoms with Crippen molar-refractivity contribution in [2.24, 2.45) is 0 Å². The number of aliphatic hydroxyl groups excluding tert-OH is 1. The molecule has 2 aromatic carbocycles. The standard InChI is InChI=1S/C20H26N2O2/c1-15-12-18(24-14-16(2)23)8-9-19(15)22-11-10-21-13-20(22)17-6-4-3-5-7-17/h3-9,12,16,20-21,23H,10-11,13-14H2,1-2H3/t16-,20?/m0/s1. The Morgan fingerprint density at radius 2 is 2.04 bits per heavy atom. The number of hydrogen-bond acceptors (Lipinski definition) is 4. The fourth-order valence-corrected chi connectivity index (χ4v) is 3.22. The molecule has 0 saturated carbocycles. The van der Waals surface area contributed by atoms with Gasteiger partial charge in [-0.05, 0) is 43.2 Å². The normalized spacial score (nSPS) is 19.1. The summed E-state index contributed by atoms with van der Waals surface area (Å²) >= 11 is 0. The number of aliphatic hydroxyl groups is 1. The SMILES string of the molecule is Cc1cc(OC[C@H](C)O)ccc1N1CCNCC1c1ccccc1. The maximum atomic E-state index is 9.36. The van der Waals surface area contributed by atoms with Gasteiger partial charge in [0, 0.05) is 25.3 Å². The molecule has 128 valence electrons. The lowest BCUT2D eigenvalue weighted by atomic mass is 10.0. The number of nitrogens with zero attached hydrogens (tertiary/aromatic N) is 1. The second-order valence-electron chi connectivity index (χ2n) is 6.43. The molecule has 2 atom stereocenters. The van der Waals surface area contributed by atoms with Crippen LogP contribution >= 0.6 is 0 Å². The summed E-state index contributed by atoms with van der Waals surface area (Å²) in [6.45, 7) is 7.08. The molecular weight excluding hydrogens is 300 g/mol. The van der Waals surface area contributed by atoms with E-state index in [1.165, 1.54) is 16.8 Å². The molecule has 1 saturated heterocycles. The zero-order valence-corrected chi connectivity index (χ0v) is 14.4. The monoisotopic (exact) mass is 326 g/mol. The fraction of sp³-hybridized carbons (Fsp3) is 0.400. The first-order valence-electron chi connectivity index (χ1n) is 8.59. The Bertz CT molecular complexity index is 658. The molecular formula is C20H26N2O2. The summed E-state index contributed by atoms with van der Waals surface area (Å²) < 4.78 is 5.62. The molecule has 1 fully saturated rings. The van der Waals surface area contributed by atoms with E-state index in [-0.39, 0.29) is 0 Å². The van der Waals surface area contributed by atoms with Crippen molar-refractivity contribution in [1.82, 2.24) is 5.32 Å². The average molecular weight is 326 g/mol. The van der Waals surface area contributed by atoms with Gasteiger partial charge in [0.05, 0.1) is 12.1 Å². The first-order chi connectivity index (χ1) is 11.6. The Morgan fingerprint density at radius 1 is 1.25 bits per heavy atom. The predicted octanol–water partition coefficient (Wildman–Crippen LogP) is 2.91. The van der Waals surface area contributed by atoms with Crippen molar-refractivity contribution in [2.45, 2.75) is 26.0 Å². The Kier molecular flexibility index (Phi) is 5.38. The molecule has 0 radical (unpaired) electrons. The molecule has 0 bridgehead atoms. The zero-order chi connectivity index (χ0) is 16.9. The van der Waals surface area contributed by atoms with Crippen molar-refractivity contribution in [3.05, 3.63) is 59.7 Å². The quantitative estimate of drug-likeness (QED) is 0.887. The third-order valence-electron chi connectivity index (χ3n) is 4.40. The smallest absolute Gasteiger partial charge is 0.119 e. The molecule has 2 aromatic rings. The van der Waals surface area contributed by atoms with Crippen molar-refractivity contribution < 1.29 is 9.84 Å². The number of anilines is 1. The average Bonchev–Trinajstić information content (AvgIpc) is 2.61. The van der Waals surface area contributed by atoms with E-state index in [1.807, 2.05) is 6.07 Å². The largest absolute Gasteiger partial charge is 0.491 e. The lowest BCUT2D eigenvalue weighted by Crippen LogP contribution is -2.46. The van der Waals surface area contributed by atoms with Gasteiger partial charge in [-0.25, -0.2) is 0 Å². The van der Waals surface area contributed by atoms with E-state index < -0.39 is 6.10 Å². The fourth-order valence-electron chi connectivity index (χ4n) is 3.22. The van der Waals surface area contributed by atoms with Crippen molar-refractivity contribution in [2.75, 3.05) is 31.1 Å². The Labute approximate surface area is 144 Å². The van der Waals surface area contributed by atoms with Crippen molar-refractivity contribution in [1.29, 1.82) is 0 Å². The molecule has 0 aliphatic carbocycles. The second kappa shape index (κ2) is 7.69. The summed E-state index contributed by atoms with van der Waals surface area (Å²) in [5.41, 5.74) is 3.77. The molecule has 4 heteroatoms. The van der Waals surface area contributed by atoms with Crippen molar-refractivity contribution in [3.8, 4) is 5.75 Å². The van der Waals surface area contributed by atoms with Crippen LogP contribution in [0.4, 0.5) is 5.69 Å². The number of rotatable bonds is 5. The van der Waals surface area contributed by atoms with Crippen LogP contribution in [-0.4, -0.2) is 37.5 Å². The van der Waals surface area contributed by atoms with Gasteiger partial charge in [0.1, 0.15) is 12.4 Å². The molecule has 0 aromatic heterocycles. The van der Waals surface area contributed by atoms with Crippen molar-refractivity contribution in [3.63, 3.8) is 0 Å². The van der Waals surface area contributed by atoms with E-state index in [0.29, 0.717) is 12.6 Å². The molecule has 1 aliphatic rings. The third-order valence-corrected chi connectivity index (χ3v) is 4.40. The third kappa shape index (κ3) is 3.89. The molecule has 1 unspecified atom stereocenters. The number of aryl methyl sites for hydroxylation is 1. The minimum absolute atomic E-state index is 0.319. The summed E-state index contributed by atoms with van der Waals surface area (Å²) in [6, 6.07) is 17.2. The molecule has 0 amide bonds. The van der Waals surface area contributed by atoms with Gasteiger partial charge < -0.3 is 20.1 Å². The van der Waals surface area contributed by atoms with Gasteiger partial charge in [0.15, 0.2) is 0 Å². The molecule has 24 heavy (non-hydrogen) atoms. The molecule has 1 aliphatic heterocycles. The van der Waals surface area contributed by atoms with Crippen LogP contribution in [0.5, 0.6) is 5.75 Å². The molecule has 1 heterocycles. The highest BCUT2D eigenvalue weighted by atomic mass is 16.5. The van der Waals surface area contributed by atoms with Crippen LogP contribution < -0.4 is 15.0 Å². The van der Waals surface area contributed by atoms with Crippen LogP contribution in [0.3, 0.4) is 0 Å². The molecule has 3 rings (SSSR count). The minimum Gasteiger partial charge on any atom is -0.491 e. The number of ether oxygens (including phenoxy) is 1. The molecule has 0 spiro atoms. The molecule has 4 nitrogen and oxygen atoms in total. The van der Waals surface area contributed by atoms with E-state index in [9.17, 15) is 5.11 Å². The Hall–Kier alpha value is -2.04. The summed E-state index contributed by atoms with van der Waals surface area (Å²) in [6.07, 6.45) is -0.458. The van der Waals surface area contributed by atoms with Gasteiger partial charge in [-0.15, -0.1) is 0 Å². The van der Waals surface area contributed by atoms with Gasteiger partial charge in [-0.2, -0.15) is 0 Å². The highest BCUT2D eigenvalue weighted by Gasteiger charge is 2.25. The van der Waals surface area contributed by atoms with E-state index >= 15 is 0 Å². The van der Waals surface area contributed by atoms with E-state index in [4.69, 9.17) is 4.74 Å². The molecule has 2 N–H and O–H groups in total. The summed E-state index contributed by atoms with van der Waals surface area (Å²) in [5, 5.41) is 12.9. The lowest BCUT2D eigenvalue weighted by molar-refractivity contribution is 0.122. The van der Waals surface area contributed by atoms with Gasteiger partial charge in [-0.3, -0.25) is 0 Å². The summed E-state index contributed by atoms with van der Waals surface area (Å²) in [4.78, 5) is 2.47. The predicted molar refractivity (Wildman–Crippen MR) is 97.8 cm³/mol. The summed E-state index contributed by atoms with van der Waals surface area (Å²) in [7, 11) is 0. The van der Waals surface area contributed by atoms with Crippen LogP contribution in [-0.2, 0) is 0 Å². The Balaban J connectivity index is 1.83. The summed E-state index contributed by atoms with van der Waals surface area (Å²) in [5.74, 6) is 0.809. The Morgan fingerprint density at radius 3 is 2.75 bits per heavy atom. The first kappa shape index (κ1) is 16.8. The van der Waals surface area contributed by atoms with Crippen molar-refractivity contribution >= 4 is 5.69 Å². The first-order valence-corrected chi connectivity index (χ1v) is 8.59. The highest BCUT2D eigenvalue weighted by molar-refractivity contribution is 5.58.